The number of rotatable bonds is 6. The molecule has 0 unspecified atom stereocenters. The van der Waals surface area contributed by atoms with E-state index in [9.17, 15) is 14.4 Å². The average molecular weight is 423 g/mol. The second-order valence-electron chi connectivity index (χ2n) is 6.47. The fourth-order valence-electron chi connectivity index (χ4n) is 2.74. The van der Waals surface area contributed by atoms with Crippen molar-refractivity contribution in [3.8, 4) is 5.75 Å². The van der Waals surface area contributed by atoms with E-state index in [1.807, 2.05) is 6.07 Å². The Labute approximate surface area is 178 Å². The molecule has 0 aromatic heterocycles. The Morgan fingerprint density at radius 1 is 0.867 bits per heavy atom. The number of carbonyl (C=O) groups is 3. The van der Waals surface area contributed by atoms with Crippen molar-refractivity contribution in [1.29, 1.82) is 0 Å². The van der Waals surface area contributed by atoms with E-state index < -0.39 is 5.97 Å². The smallest absolute Gasteiger partial charge is 0.308 e. The van der Waals surface area contributed by atoms with Crippen molar-refractivity contribution in [3.05, 3.63) is 94.5 Å². The lowest BCUT2D eigenvalue weighted by molar-refractivity contribution is -0.131. The summed E-state index contributed by atoms with van der Waals surface area (Å²) in [7, 11) is 0. The quantitative estimate of drug-likeness (QED) is 0.454. The zero-order chi connectivity index (χ0) is 21.5. The highest BCUT2D eigenvalue weighted by Crippen LogP contribution is 2.16. The summed E-state index contributed by atoms with van der Waals surface area (Å²) < 4.78 is 5.00. The van der Waals surface area contributed by atoms with Gasteiger partial charge in [0.05, 0.1) is 0 Å². The first-order valence-electron chi connectivity index (χ1n) is 9.13. The molecule has 30 heavy (non-hydrogen) atoms. The summed E-state index contributed by atoms with van der Waals surface area (Å²) in [6, 6.07) is 20.2. The Morgan fingerprint density at radius 3 is 2.30 bits per heavy atom. The maximum absolute atomic E-state index is 12.4. The number of benzene rings is 3. The van der Waals surface area contributed by atoms with Gasteiger partial charge in [-0.2, -0.15) is 0 Å². The van der Waals surface area contributed by atoms with Gasteiger partial charge >= 0.3 is 5.97 Å². The number of esters is 1. The first-order chi connectivity index (χ1) is 14.4. The molecule has 0 atom stereocenters. The van der Waals surface area contributed by atoms with Gasteiger partial charge in [-0.25, -0.2) is 0 Å². The van der Waals surface area contributed by atoms with Crippen LogP contribution in [0.25, 0.3) is 0 Å². The summed E-state index contributed by atoms with van der Waals surface area (Å²) >= 11 is 5.93. The van der Waals surface area contributed by atoms with Crippen molar-refractivity contribution in [2.75, 3.05) is 5.32 Å². The molecule has 3 rings (SSSR count). The Kier molecular flexibility index (Phi) is 6.83. The fourth-order valence-corrected chi connectivity index (χ4v) is 2.93. The predicted octanol–water partition coefficient (Wildman–Crippen LogP) is 4.45. The highest BCUT2D eigenvalue weighted by Gasteiger charge is 2.09. The Morgan fingerprint density at radius 2 is 1.57 bits per heavy atom. The van der Waals surface area contributed by atoms with E-state index in [1.54, 1.807) is 60.7 Å². The summed E-state index contributed by atoms with van der Waals surface area (Å²) in [4.78, 5) is 35.8. The molecule has 2 N–H and O–H groups in total. The van der Waals surface area contributed by atoms with Crippen LogP contribution in [0, 0.1) is 0 Å². The van der Waals surface area contributed by atoms with Gasteiger partial charge in [-0.3, -0.25) is 14.4 Å². The molecule has 152 valence electrons. The van der Waals surface area contributed by atoms with Crippen LogP contribution in [0.3, 0.4) is 0 Å². The van der Waals surface area contributed by atoms with Gasteiger partial charge in [0.1, 0.15) is 5.75 Å². The van der Waals surface area contributed by atoms with Gasteiger partial charge in [0, 0.05) is 35.3 Å². The van der Waals surface area contributed by atoms with Crippen LogP contribution in [0.2, 0.25) is 5.02 Å². The number of amides is 2. The van der Waals surface area contributed by atoms with Crippen molar-refractivity contribution in [3.63, 3.8) is 0 Å². The minimum absolute atomic E-state index is 0.261. The zero-order valence-electron chi connectivity index (χ0n) is 16.1. The summed E-state index contributed by atoms with van der Waals surface area (Å²) in [5, 5.41) is 6.10. The summed E-state index contributed by atoms with van der Waals surface area (Å²) in [6.45, 7) is 1.56. The van der Waals surface area contributed by atoms with Gasteiger partial charge in [0.25, 0.3) is 11.8 Å². The van der Waals surface area contributed by atoms with Gasteiger partial charge in [0.2, 0.25) is 0 Å². The van der Waals surface area contributed by atoms with Gasteiger partial charge < -0.3 is 15.4 Å². The van der Waals surface area contributed by atoms with Crippen LogP contribution in [0.5, 0.6) is 5.75 Å². The number of anilines is 1. The number of hydrogen-bond acceptors (Lipinski definition) is 4. The second kappa shape index (κ2) is 9.71. The first kappa shape index (κ1) is 21.1. The molecule has 6 nitrogen and oxygen atoms in total. The molecule has 0 bridgehead atoms. The predicted molar refractivity (Wildman–Crippen MR) is 115 cm³/mol. The van der Waals surface area contributed by atoms with Crippen LogP contribution >= 0.6 is 11.6 Å². The lowest BCUT2D eigenvalue weighted by Gasteiger charge is -2.10. The minimum atomic E-state index is -0.454. The molecule has 0 aliphatic heterocycles. The van der Waals surface area contributed by atoms with E-state index in [1.165, 1.54) is 13.0 Å². The number of halogens is 1. The molecule has 0 saturated carbocycles. The Hall–Kier alpha value is -3.64. The molecule has 0 spiro atoms. The van der Waals surface area contributed by atoms with Crippen molar-refractivity contribution in [1.82, 2.24) is 5.32 Å². The second-order valence-corrected chi connectivity index (χ2v) is 6.91. The number of carbonyl (C=O) groups excluding carboxylic acids is 3. The molecule has 2 amide bonds. The molecule has 0 fully saturated rings. The molecular formula is C23H19ClN2O4. The number of ether oxygens (including phenoxy) is 1. The fraction of sp³-hybridized carbons (Fsp3) is 0.0870. The summed E-state index contributed by atoms with van der Waals surface area (Å²) in [6.07, 6.45) is 0. The number of hydrogen-bond donors (Lipinski definition) is 2. The largest absolute Gasteiger partial charge is 0.427 e. The maximum atomic E-state index is 12.4. The molecule has 0 aliphatic rings. The SMILES string of the molecule is CC(=O)Oc1cccc(C(=O)NCc2cccc(NC(=O)c3cccc(Cl)c3)c2)c1. The van der Waals surface area contributed by atoms with Crippen LogP contribution in [-0.4, -0.2) is 17.8 Å². The van der Waals surface area contributed by atoms with Crippen molar-refractivity contribution in [2.24, 2.45) is 0 Å². The third-order valence-corrected chi connectivity index (χ3v) is 4.32. The normalized spacial score (nSPS) is 10.2. The zero-order valence-corrected chi connectivity index (χ0v) is 16.9. The molecule has 3 aromatic rings. The molecule has 7 heteroatoms. The minimum Gasteiger partial charge on any atom is -0.427 e. The van der Waals surface area contributed by atoms with Gasteiger partial charge in [-0.05, 0) is 54.1 Å². The Balaban J connectivity index is 1.62. The average Bonchev–Trinajstić information content (AvgIpc) is 2.72. The third-order valence-electron chi connectivity index (χ3n) is 4.08. The molecule has 0 heterocycles. The van der Waals surface area contributed by atoms with E-state index in [0.29, 0.717) is 27.6 Å². The van der Waals surface area contributed by atoms with E-state index in [-0.39, 0.29) is 18.4 Å². The highest BCUT2D eigenvalue weighted by molar-refractivity contribution is 6.31. The maximum Gasteiger partial charge on any atom is 0.308 e. The van der Waals surface area contributed by atoms with Crippen molar-refractivity contribution >= 4 is 35.1 Å². The van der Waals surface area contributed by atoms with E-state index in [0.717, 1.165) is 5.56 Å². The topological polar surface area (TPSA) is 84.5 Å². The van der Waals surface area contributed by atoms with Gasteiger partial charge in [0.15, 0.2) is 0 Å². The number of nitrogens with one attached hydrogen (secondary N) is 2. The highest BCUT2D eigenvalue weighted by atomic mass is 35.5. The van der Waals surface area contributed by atoms with Crippen LogP contribution in [0.1, 0.15) is 33.2 Å². The monoisotopic (exact) mass is 422 g/mol. The lowest BCUT2D eigenvalue weighted by atomic mass is 10.1. The molecule has 0 saturated heterocycles. The van der Waals surface area contributed by atoms with E-state index in [4.69, 9.17) is 16.3 Å². The van der Waals surface area contributed by atoms with E-state index in [2.05, 4.69) is 10.6 Å². The van der Waals surface area contributed by atoms with Crippen LogP contribution in [0.4, 0.5) is 5.69 Å². The molecule has 0 radical (unpaired) electrons. The Bertz CT molecular complexity index is 1100. The van der Waals surface area contributed by atoms with Crippen LogP contribution in [-0.2, 0) is 11.3 Å². The molecular weight excluding hydrogens is 404 g/mol. The van der Waals surface area contributed by atoms with E-state index >= 15 is 0 Å². The van der Waals surface area contributed by atoms with Crippen LogP contribution < -0.4 is 15.4 Å². The first-order valence-corrected chi connectivity index (χ1v) is 9.51. The van der Waals surface area contributed by atoms with Gasteiger partial charge in [-0.1, -0.05) is 35.9 Å². The van der Waals surface area contributed by atoms with Crippen molar-refractivity contribution in [2.45, 2.75) is 13.5 Å². The molecule has 0 aliphatic carbocycles. The molecule has 3 aromatic carbocycles. The third kappa shape index (κ3) is 5.93. The lowest BCUT2D eigenvalue weighted by Crippen LogP contribution is -2.23. The summed E-state index contributed by atoms with van der Waals surface area (Å²) in [5.41, 5.74) is 2.24. The standard InChI is InChI=1S/C23H19ClN2O4/c1-15(27)30-21-10-4-7-18(13-21)22(28)25-14-16-5-2-9-20(11-16)26-23(29)17-6-3-8-19(24)12-17/h2-13H,14H2,1H3,(H,25,28)(H,26,29). The summed E-state index contributed by atoms with van der Waals surface area (Å²) in [5.74, 6) is -0.733. The van der Waals surface area contributed by atoms with Crippen LogP contribution in [0.15, 0.2) is 72.8 Å². The van der Waals surface area contributed by atoms with Crippen molar-refractivity contribution < 1.29 is 19.1 Å². The van der Waals surface area contributed by atoms with Gasteiger partial charge in [-0.15, -0.1) is 0 Å².